The van der Waals surface area contributed by atoms with E-state index in [-0.39, 0.29) is 11.7 Å². The van der Waals surface area contributed by atoms with E-state index in [2.05, 4.69) is 0 Å². The fraction of sp³-hybridized carbons (Fsp3) is 0.417. The molecule has 0 bridgehead atoms. The van der Waals surface area contributed by atoms with Crippen LogP contribution in [0.2, 0.25) is 0 Å². The summed E-state index contributed by atoms with van der Waals surface area (Å²) in [7, 11) is 3.04. The summed E-state index contributed by atoms with van der Waals surface area (Å²) in [6, 6.07) is 3.19. The molecule has 16 heavy (non-hydrogen) atoms. The largest absolute Gasteiger partial charge is 0.508 e. The van der Waals surface area contributed by atoms with Crippen molar-refractivity contribution in [3.8, 4) is 17.2 Å². The molecule has 1 aromatic carbocycles. The lowest BCUT2D eigenvalue weighted by molar-refractivity contribution is -0.108. The Kier molecular flexibility index (Phi) is 4.17. The van der Waals surface area contributed by atoms with Crippen LogP contribution in [0.4, 0.5) is 0 Å². The van der Waals surface area contributed by atoms with Crippen LogP contribution in [-0.4, -0.2) is 25.6 Å². The zero-order valence-corrected chi connectivity index (χ0v) is 9.69. The Morgan fingerprint density at radius 1 is 1.31 bits per heavy atom. The number of ether oxygens (including phenoxy) is 2. The molecule has 0 saturated carbocycles. The van der Waals surface area contributed by atoms with E-state index in [0.29, 0.717) is 23.5 Å². The van der Waals surface area contributed by atoms with Crippen LogP contribution < -0.4 is 9.47 Å². The van der Waals surface area contributed by atoms with Crippen molar-refractivity contribution in [2.24, 2.45) is 0 Å². The quantitative estimate of drug-likeness (QED) is 0.778. The average Bonchev–Trinajstić information content (AvgIpc) is 2.28. The van der Waals surface area contributed by atoms with Crippen molar-refractivity contribution in [3.05, 3.63) is 17.7 Å². The summed E-state index contributed by atoms with van der Waals surface area (Å²) >= 11 is 0. The lowest BCUT2D eigenvalue weighted by Gasteiger charge is -2.14. The van der Waals surface area contributed by atoms with Gasteiger partial charge in [0.25, 0.3) is 0 Å². The smallest absolute Gasteiger partial charge is 0.164 e. The maximum absolute atomic E-state index is 10.4. The number of rotatable bonds is 5. The number of benzene rings is 1. The molecule has 1 rings (SSSR count). The van der Waals surface area contributed by atoms with Crippen molar-refractivity contribution in [2.75, 3.05) is 14.2 Å². The Labute approximate surface area is 94.8 Å². The van der Waals surface area contributed by atoms with Crippen molar-refractivity contribution >= 4 is 6.29 Å². The van der Waals surface area contributed by atoms with Gasteiger partial charge in [-0.25, -0.2) is 0 Å². The van der Waals surface area contributed by atoms with Crippen molar-refractivity contribution < 1.29 is 19.4 Å². The van der Waals surface area contributed by atoms with E-state index in [4.69, 9.17) is 9.47 Å². The molecule has 0 aliphatic carbocycles. The molecule has 4 heteroatoms. The number of aldehydes is 1. The van der Waals surface area contributed by atoms with Gasteiger partial charge in [-0.3, -0.25) is 0 Å². The second kappa shape index (κ2) is 5.39. The standard InChI is InChI=1S/C12H16O4/c1-8(4-5-13)9-6-11(15-2)12(16-3)7-10(9)14/h5-8,14H,4H2,1-3H3. The number of methoxy groups -OCH3 is 2. The Morgan fingerprint density at radius 2 is 1.88 bits per heavy atom. The number of hydrogen-bond donors (Lipinski definition) is 1. The molecule has 1 unspecified atom stereocenters. The summed E-state index contributed by atoms with van der Waals surface area (Å²) in [4.78, 5) is 10.4. The van der Waals surface area contributed by atoms with Crippen molar-refractivity contribution in [1.82, 2.24) is 0 Å². The predicted octanol–water partition coefficient (Wildman–Crippen LogP) is 2.10. The van der Waals surface area contributed by atoms with Gasteiger partial charge < -0.3 is 19.4 Å². The first kappa shape index (κ1) is 12.4. The van der Waals surface area contributed by atoms with E-state index < -0.39 is 0 Å². The Balaban J connectivity index is 3.15. The van der Waals surface area contributed by atoms with Gasteiger partial charge in [-0.2, -0.15) is 0 Å². The molecule has 0 aromatic heterocycles. The SMILES string of the molecule is COc1cc(O)c(C(C)CC=O)cc1OC. The summed E-state index contributed by atoms with van der Waals surface area (Å²) in [5.74, 6) is 1.10. The van der Waals surface area contributed by atoms with Crippen molar-refractivity contribution in [3.63, 3.8) is 0 Å². The van der Waals surface area contributed by atoms with Crippen LogP contribution in [0.3, 0.4) is 0 Å². The second-order valence-electron chi connectivity index (χ2n) is 3.57. The molecule has 1 N–H and O–H groups in total. The minimum absolute atomic E-state index is 0.0442. The number of phenolic OH excluding ortho intramolecular Hbond substituents is 1. The second-order valence-corrected chi connectivity index (χ2v) is 3.57. The first-order valence-corrected chi connectivity index (χ1v) is 5.02. The van der Waals surface area contributed by atoms with Gasteiger partial charge in [0, 0.05) is 18.1 Å². The number of hydrogen-bond acceptors (Lipinski definition) is 4. The monoisotopic (exact) mass is 224 g/mol. The van der Waals surface area contributed by atoms with Gasteiger partial charge in [-0.05, 0) is 12.0 Å². The van der Waals surface area contributed by atoms with Gasteiger partial charge in [0.2, 0.25) is 0 Å². The maximum atomic E-state index is 10.4. The molecule has 0 heterocycles. The summed E-state index contributed by atoms with van der Waals surface area (Å²) in [6.07, 6.45) is 1.20. The highest BCUT2D eigenvalue weighted by Gasteiger charge is 2.15. The highest BCUT2D eigenvalue weighted by Crippen LogP contribution is 2.37. The van der Waals surface area contributed by atoms with E-state index in [1.165, 1.54) is 20.3 Å². The fourth-order valence-electron chi connectivity index (χ4n) is 1.55. The number of aromatic hydroxyl groups is 1. The lowest BCUT2D eigenvalue weighted by Crippen LogP contribution is -1.98. The third kappa shape index (κ3) is 2.45. The third-order valence-corrected chi connectivity index (χ3v) is 2.51. The molecular formula is C12H16O4. The van der Waals surface area contributed by atoms with E-state index in [1.807, 2.05) is 6.92 Å². The molecule has 0 spiro atoms. The zero-order valence-electron chi connectivity index (χ0n) is 9.69. The van der Waals surface area contributed by atoms with Crippen LogP contribution in [0.25, 0.3) is 0 Å². The third-order valence-electron chi connectivity index (χ3n) is 2.51. The van der Waals surface area contributed by atoms with Crippen LogP contribution in [0, 0.1) is 0 Å². The van der Waals surface area contributed by atoms with Crippen molar-refractivity contribution in [2.45, 2.75) is 19.3 Å². The van der Waals surface area contributed by atoms with Gasteiger partial charge in [-0.15, -0.1) is 0 Å². The van der Waals surface area contributed by atoms with Crippen LogP contribution in [-0.2, 0) is 4.79 Å². The normalized spacial score (nSPS) is 11.9. The minimum atomic E-state index is -0.0442. The molecule has 0 amide bonds. The van der Waals surface area contributed by atoms with Crippen molar-refractivity contribution in [1.29, 1.82) is 0 Å². The lowest BCUT2D eigenvalue weighted by atomic mass is 9.97. The zero-order chi connectivity index (χ0) is 12.1. The van der Waals surface area contributed by atoms with Gasteiger partial charge in [0.1, 0.15) is 12.0 Å². The maximum Gasteiger partial charge on any atom is 0.164 e. The number of carbonyl (C=O) groups excluding carboxylic acids is 1. The van der Waals surface area contributed by atoms with E-state index in [9.17, 15) is 9.90 Å². The molecule has 4 nitrogen and oxygen atoms in total. The molecule has 0 fully saturated rings. The first-order chi connectivity index (χ1) is 7.63. The molecule has 0 saturated heterocycles. The number of phenols is 1. The first-order valence-electron chi connectivity index (χ1n) is 5.02. The number of carbonyl (C=O) groups is 1. The van der Waals surface area contributed by atoms with Gasteiger partial charge >= 0.3 is 0 Å². The predicted molar refractivity (Wildman–Crippen MR) is 60.3 cm³/mol. The Hall–Kier alpha value is -1.71. The molecule has 1 atom stereocenters. The molecule has 1 aromatic rings. The summed E-state index contributed by atoms with van der Waals surface area (Å²) in [5.41, 5.74) is 0.685. The summed E-state index contributed by atoms with van der Waals surface area (Å²) < 4.78 is 10.2. The summed E-state index contributed by atoms with van der Waals surface area (Å²) in [6.45, 7) is 1.87. The highest BCUT2D eigenvalue weighted by molar-refractivity contribution is 5.55. The van der Waals surface area contributed by atoms with Crippen LogP contribution in [0.5, 0.6) is 17.2 Å². The van der Waals surface area contributed by atoms with E-state index in [0.717, 1.165) is 6.29 Å². The molecule has 0 aliphatic heterocycles. The Bertz CT molecular complexity index is 374. The fourth-order valence-corrected chi connectivity index (χ4v) is 1.55. The summed E-state index contributed by atoms with van der Waals surface area (Å²) in [5, 5.41) is 9.79. The van der Waals surface area contributed by atoms with Gasteiger partial charge in [0.05, 0.1) is 14.2 Å². The molecule has 88 valence electrons. The van der Waals surface area contributed by atoms with Gasteiger partial charge in [-0.1, -0.05) is 6.92 Å². The van der Waals surface area contributed by atoms with E-state index >= 15 is 0 Å². The highest BCUT2D eigenvalue weighted by atomic mass is 16.5. The van der Waals surface area contributed by atoms with Crippen LogP contribution in [0.1, 0.15) is 24.8 Å². The molecule has 0 aliphatic rings. The molecular weight excluding hydrogens is 208 g/mol. The van der Waals surface area contributed by atoms with Gasteiger partial charge in [0.15, 0.2) is 11.5 Å². The minimum Gasteiger partial charge on any atom is -0.508 e. The van der Waals surface area contributed by atoms with Crippen LogP contribution in [0.15, 0.2) is 12.1 Å². The average molecular weight is 224 g/mol. The Morgan fingerprint density at radius 3 is 2.38 bits per heavy atom. The van der Waals surface area contributed by atoms with Crippen LogP contribution >= 0.6 is 0 Å². The molecule has 0 radical (unpaired) electrons. The topological polar surface area (TPSA) is 55.8 Å². The van der Waals surface area contributed by atoms with E-state index in [1.54, 1.807) is 6.07 Å².